The first-order valence-electron chi connectivity index (χ1n) is 10.5. The van der Waals surface area contributed by atoms with Crippen LogP contribution in [0.2, 0.25) is 5.54 Å². The zero-order chi connectivity index (χ0) is 19.7. The van der Waals surface area contributed by atoms with Crippen LogP contribution in [-0.2, 0) is 13.3 Å². The Morgan fingerprint density at radius 2 is 1.23 bits per heavy atom. The predicted molar refractivity (Wildman–Crippen MR) is 109 cm³/mol. The number of carbonyl (C=O) groups is 1. The molecule has 26 heavy (non-hydrogen) atoms. The fraction of sp³-hybridized carbons (Fsp3) is 0.947. The summed E-state index contributed by atoms with van der Waals surface area (Å²) < 4.78 is 18.9. The average molecular weight is 391 g/mol. The Morgan fingerprint density at radius 1 is 0.846 bits per heavy atom. The highest BCUT2D eigenvalue weighted by molar-refractivity contribution is 6.62. The van der Waals surface area contributed by atoms with Crippen LogP contribution < -0.4 is 11.1 Å². The second-order valence-electron chi connectivity index (χ2n) is 6.92. The minimum Gasteiger partial charge on any atom is -0.373 e. The maximum atomic E-state index is 11.1. The molecule has 0 heterocycles. The fourth-order valence-electron chi connectivity index (χ4n) is 2.63. The number of carbonyl (C=O) groups excluding carboxylic acids is 1. The number of unbranched alkanes of at least 4 members (excludes halogenated alkanes) is 6. The van der Waals surface area contributed by atoms with Gasteiger partial charge in [0.15, 0.2) is 0 Å². The van der Waals surface area contributed by atoms with Crippen molar-refractivity contribution in [3.8, 4) is 0 Å². The van der Waals surface area contributed by atoms with E-state index in [2.05, 4.69) is 26.1 Å². The molecule has 3 N–H and O–H groups in total. The molecule has 0 bridgehead atoms. The SMILES string of the molecule is CCCCCO[Si](OCCCCC)(OCCCCC)C(C)CNC(N)=O. The van der Waals surface area contributed by atoms with E-state index in [1.54, 1.807) is 0 Å². The molecule has 2 amide bonds. The van der Waals surface area contributed by atoms with Crippen LogP contribution in [0.3, 0.4) is 0 Å². The maximum absolute atomic E-state index is 11.1. The van der Waals surface area contributed by atoms with Crippen LogP contribution in [0.4, 0.5) is 4.79 Å². The first kappa shape index (κ1) is 25.4. The summed E-state index contributed by atoms with van der Waals surface area (Å²) in [6, 6.07) is -0.525. The van der Waals surface area contributed by atoms with Gasteiger partial charge in [-0.1, -0.05) is 66.2 Å². The van der Waals surface area contributed by atoms with Crippen molar-refractivity contribution in [3.05, 3.63) is 0 Å². The number of rotatable bonds is 18. The van der Waals surface area contributed by atoms with Gasteiger partial charge < -0.3 is 24.3 Å². The molecule has 1 unspecified atom stereocenters. The van der Waals surface area contributed by atoms with Gasteiger partial charge in [0.1, 0.15) is 0 Å². The van der Waals surface area contributed by atoms with E-state index < -0.39 is 14.8 Å². The number of hydrogen-bond donors (Lipinski definition) is 2. The summed E-state index contributed by atoms with van der Waals surface area (Å²) in [6.45, 7) is 10.9. The first-order chi connectivity index (χ1) is 12.5. The molecule has 156 valence electrons. The largest absolute Gasteiger partial charge is 0.505 e. The molecule has 0 aromatic heterocycles. The monoisotopic (exact) mass is 390 g/mol. The number of amides is 2. The third kappa shape index (κ3) is 11.9. The second-order valence-corrected chi connectivity index (χ2v) is 9.98. The lowest BCUT2D eigenvalue weighted by atomic mass is 10.3. The molecule has 0 aromatic rings. The third-order valence-corrected chi connectivity index (χ3v) is 7.57. The van der Waals surface area contributed by atoms with E-state index in [-0.39, 0.29) is 5.54 Å². The molecule has 7 heteroatoms. The van der Waals surface area contributed by atoms with E-state index >= 15 is 0 Å². The second kappa shape index (κ2) is 16.5. The Hall–Kier alpha value is -0.633. The quantitative estimate of drug-likeness (QED) is 0.264. The molecule has 6 nitrogen and oxygen atoms in total. The summed E-state index contributed by atoms with van der Waals surface area (Å²) in [5, 5.41) is 2.69. The molecule has 0 radical (unpaired) electrons. The van der Waals surface area contributed by atoms with Gasteiger partial charge in [-0.25, -0.2) is 4.79 Å². The van der Waals surface area contributed by atoms with Crippen molar-refractivity contribution >= 4 is 14.8 Å². The molecule has 0 aliphatic rings. The molecule has 0 aliphatic heterocycles. The van der Waals surface area contributed by atoms with Crippen LogP contribution in [-0.4, -0.2) is 41.2 Å². The maximum Gasteiger partial charge on any atom is 0.505 e. The third-order valence-electron chi connectivity index (χ3n) is 4.34. The van der Waals surface area contributed by atoms with Gasteiger partial charge in [-0.15, -0.1) is 0 Å². The lowest BCUT2D eigenvalue weighted by Crippen LogP contribution is -2.53. The lowest BCUT2D eigenvalue weighted by Gasteiger charge is -2.34. The number of nitrogens with one attached hydrogen (secondary N) is 1. The van der Waals surface area contributed by atoms with Crippen LogP contribution in [0.5, 0.6) is 0 Å². The van der Waals surface area contributed by atoms with Gasteiger partial charge in [0.2, 0.25) is 0 Å². The van der Waals surface area contributed by atoms with Crippen molar-refractivity contribution in [2.24, 2.45) is 5.73 Å². The molecule has 1 atom stereocenters. The molecule has 0 aromatic carbocycles. The summed E-state index contributed by atoms with van der Waals surface area (Å²) in [5.74, 6) is 0. The Bertz CT molecular complexity index is 314. The normalized spacial score (nSPS) is 12.9. The van der Waals surface area contributed by atoms with Gasteiger partial charge >= 0.3 is 14.8 Å². The van der Waals surface area contributed by atoms with E-state index in [0.29, 0.717) is 26.4 Å². The highest BCUT2D eigenvalue weighted by Crippen LogP contribution is 2.27. The molecular weight excluding hydrogens is 348 g/mol. The van der Waals surface area contributed by atoms with Crippen molar-refractivity contribution in [2.45, 2.75) is 91.0 Å². The summed E-state index contributed by atoms with van der Waals surface area (Å²) in [4.78, 5) is 11.1. The zero-order valence-electron chi connectivity index (χ0n) is 17.5. The summed E-state index contributed by atoms with van der Waals surface area (Å²) in [7, 11) is -2.89. The number of urea groups is 1. The zero-order valence-corrected chi connectivity index (χ0v) is 18.5. The van der Waals surface area contributed by atoms with Crippen LogP contribution >= 0.6 is 0 Å². The molecular formula is C19H42N2O4Si. The predicted octanol–water partition coefficient (Wildman–Crippen LogP) is 4.60. The van der Waals surface area contributed by atoms with Crippen molar-refractivity contribution < 1.29 is 18.1 Å². The number of hydrogen-bond acceptors (Lipinski definition) is 4. The van der Waals surface area contributed by atoms with Crippen molar-refractivity contribution in [2.75, 3.05) is 26.4 Å². The van der Waals surface area contributed by atoms with E-state index in [1.807, 2.05) is 6.92 Å². The number of primary amides is 1. The van der Waals surface area contributed by atoms with Crippen LogP contribution in [0, 0.1) is 0 Å². The minimum atomic E-state index is -2.89. The molecule has 0 saturated heterocycles. The fourth-order valence-corrected chi connectivity index (χ4v) is 5.37. The van der Waals surface area contributed by atoms with Gasteiger partial charge in [0.25, 0.3) is 0 Å². The average Bonchev–Trinajstić information content (AvgIpc) is 2.63. The Balaban J connectivity index is 4.98. The van der Waals surface area contributed by atoms with Crippen LogP contribution in [0.1, 0.15) is 85.5 Å². The van der Waals surface area contributed by atoms with Crippen molar-refractivity contribution in [3.63, 3.8) is 0 Å². The number of nitrogens with two attached hydrogens (primary N) is 1. The van der Waals surface area contributed by atoms with Gasteiger partial charge in [-0.3, -0.25) is 0 Å². The summed E-state index contributed by atoms with van der Waals surface area (Å²) in [6.07, 6.45) is 9.81. The van der Waals surface area contributed by atoms with Crippen LogP contribution in [0.15, 0.2) is 0 Å². The van der Waals surface area contributed by atoms with Gasteiger partial charge in [0.05, 0.1) is 0 Å². The smallest absolute Gasteiger partial charge is 0.373 e. The standard InChI is InChI=1S/C19H42N2O4Si/c1-5-8-11-14-23-26(24-15-12-9-6-2,25-16-13-10-7-3)18(4)17-21-19(20)22/h18H,5-17H2,1-4H3,(H3,20,21,22). The Morgan fingerprint density at radius 3 is 1.54 bits per heavy atom. The Kier molecular flexibility index (Phi) is 16.1. The highest BCUT2D eigenvalue weighted by Gasteiger charge is 2.47. The molecule has 0 aliphatic carbocycles. The molecule has 0 fully saturated rings. The highest BCUT2D eigenvalue weighted by atomic mass is 28.4. The van der Waals surface area contributed by atoms with Crippen molar-refractivity contribution in [1.82, 2.24) is 5.32 Å². The first-order valence-corrected chi connectivity index (χ1v) is 12.3. The Labute approximate surface area is 161 Å². The van der Waals surface area contributed by atoms with Gasteiger partial charge in [-0.2, -0.15) is 0 Å². The molecule has 0 saturated carbocycles. The molecule has 0 spiro atoms. The van der Waals surface area contributed by atoms with Gasteiger partial charge in [-0.05, 0) is 19.3 Å². The van der Waals surface area contributed by atoms with E-state index in [4.69, 9.17) is 19.0 Å². The summed E-state index contributed by atoms with van der Waals surface area (Å²) >= 11 is 0. The van der Waals surface area contributed by atoms with Gasteiger partial charge in [0, 0.05) is 31.9 Å². The lowest BCUT2D eigenvalue weighted by molar-refractivity contribution is 0.0475. The van der Waals surface area contributed by atoms with Crippen molar-refractivity contribution in [1.29, 1.82) is 0 Å². The van der Waals surface area contributed by atoms with Crippen LogP contribution in [0.25, 0.3) is 0 Å². The van der Waals surface area contributed by atoms with E-state index in [1.165, 1.54) is 0 Å². The minimum absolute atomic E-state index is 0.0279. The van der Waals surface area contributed by atoms with E-state index in [9.17, 15) is 4.79 Å². The summed E-state index contributed by atoms with van der Waals surface area (Å²) in [5.41, 5.74) is 5.22. The molecule has 0 rings (SSSR count). The topological polar surface area (TPSA) is 82.8 Å². The van der Waals surface area contributed by atoms with E-state index in [0.717, 1.165) is 57.8 Å².